The molecule has 0 spiro atoms. The molecular weight excluding hydrogens is 578 g/mol. The summed E-state index contributed by atoms with van der Waals surface area (Å²) < 4.78 is 41.7. The van der Waals surface area contributed by atoms with E-state index in [1.54, 1.807) is 24.3 Å². The van der Waals surface area contributed by atoms with E-state index in [0.717, 1.165) is 23.4 Å². The smallest absolute Gasteiger partial charge is 0.254 e. The van der Waals surface area contributed by atoms with Crippen molar-refractivity contribution < 1.29 is 22.4 Å². The topological polar surface area (TPSA) is 98.8 Å². The first kappa shape index (κ1) is 29.8. The standard InChI is InChI=1S/C28H29Cl2FN4O4S/c1-32-26(36)13-14-33-28(37)24-15-22(11-12-25(24)31)35(40(2,38)39)23-16-34(17-23)27(18-3-7-20(29)8-4-18)19-5-9-21(30)10-6-19/h3-12,15,23,27H,13-14,16-17H2,1-2H3,(H,32,36)(H,33,37). The van der Waals surface area contributed by atoms with Crippen LogP contribution in [0.25, 0.3) is 0 Å². The highest BCUT2D eigenvalue weighted by Crippen LogP contribution is 2.37. The molecule has 12 heteroatoms. The minimum Gasteiger partial charge on any atom is -0.359 e. The lowest BCUT2D eigenvalue weighted by molar-refractivity contribution is -0.120. The third kappa shape index (κ3) is 6.93. The van der Waals surface area contributed by atoms with Gasteiger partial charge >= 0.3 is 0 Å². The molecule has 1 fully saturated rings. The fourth-order valence-electron chi connectivity index (χ4n) is 4.76. The summed E-state index contributed by atoms with van der Waals surface area (Å²) in [7, 11) is -2.32. The molecule has 1 aliphatic rings. The van der Waals surface area contributed by atoms with Gasteiger partial charge in [0.15, 0.2) is 0 Å². The van der Waals surface area contributed by atoms with Crippen LogP contribution < -0.4 is 14.9 Å². The lowest BCUT2D eigenvalue weighted by Gasteiger charge is -2.48. The van der Waals surface area contributed by atoms with Crippen LogP contribution in [0, 0.1) is 5.82 Å². The Morgan fingerprint density at radius 2 is 1.55 bits per heavy atom. The van der Waals surface area contributed by atoms with Gasteiger partial charge in [0, 0.05) is 43.1 Å². The maximum Gasteiger partial charge on any atom is 0.254 e. The lowest BCUT2D eigenvalue weighted by atomic mass is 9.93. The molecule has 3 aromatic carbocycles. The van der Waals surface area contributed by atoms with E-state index in [4.69, 9.17) is 23.2 Å². The van der Waals surface area contributed by atoms with Crippen LogP contribution in [0.2, 0.25) is 10.0 Å². The number of hydrogen-bond donors (Lipinski definition) is 2. The minimum atomic E-state index is -3.79. The number of benzene rings is 3. The molecule has 1 heterocycles. The number of sulfonamides is 1. The van der Waals surface area contributed by atoms with Gasteiger partial charge in [-0.3, -0.25) is 18.8 Å². The maximum atomic E-state index is 14.6. The van der Waals surface area contributed by atoms with E-state index in [0.29, 0.717) is 23.1 Å². The SMILES string of the molecule is CNC(=O)CCNC(=O)c1cc(N(C2CN(C(c3ccc(Cl)cc3)c3ccc(Cl)cc3)C2)S(C)(=O)=O)ccc1F. The van der Waals surface area contributed by atoms with Crippen LogP contribution in [0.15, 0.2) is 66.7 Å². The Morgan fingerprint density at radius 3 is 2.05 bits per heavy atom. The average molecular weight is 608 g/mol. The number of halogens is 3. The number of nitrogens with zero attached hydrogens (tertiary/aromatic N) is 2. The second-order valence-corrected chi connectivity index (χ2v) is 12.2. The molecule has 2 amide bonds. The Kier molecular flexibility index (Phi) is 9.35. The zero-order valence-corrected chi connectivity index (χ0v) is 24.2. The Hall–Kier alpha value is -3.18. The van der Waals surface area contributed by atoms with E-state index in [-0.39, 0.29) is 36.2 Å². The van der Waals surface area contributed by atoms with Gasteiger partial charge in [0.25, 0.3) is 5.91 Å². The average Bonchev–Trinajstić information content (AvgIpc) is 2.89. The summed E-state index contributed by atoms with van der Waals surface area (Å²) in [5.74, 6) is -1.81. The highest BCUT2D eigenvalue weighted by molar-refractivity contribution is 7.92. The van der Waals surface area contributed by atoms with E-state index in [1.165, 1.54) is 23.5 Å². The van der Waals surface area contributed by atoms with Crippen LogP contribution in [0.3, 0.4) is 0 Å². The zero-order valence-electron chi connectivity index (χ0n) is 21.9. The molecule has 40 heavy (non-hydrogen) atoms. The normalized spacial score (nSPS) is 14.1. The van der Waals surface area contributed by atoms with Crippen molar-refractivity contribution in [3.8, 4) is 0 Å². The number of nitrogens with one attached hydrogen (secondary N) is 2. The van der Waals surface area contributed by atoms with E-state index in [2.05, 4.69) is 15.5 Å². The molecule has 212 valence electrons. The molecule has 8 nitrogen and oxygen atoms in total. The Labute approximate surface area is 243 Å². The first-order valence-electron chi connectivity index (χ1n) is 12.5. The molecule has 1 saturated heterocycles. The third-order valence-corrected chi connectivity index (χ3v) is 8.41. The van der Waals surface area contributed by atoms with Crippen molar-refractivity contribution >= 4 is 50.7 Å². The molecule has 0 radical (unpaired) electrons. The van der Waals surface area contributed by atoms with Gasteiger partial charge in [-0.15, -0.1) is 0 Å². The first-order valence-corrected chi connectivity index (χ1v) is 15.1. The molecule has 0 aromatic heterocycles. The zero-order chi connectivity index (χ0) is 29.0. The second-order valence-electron chi connectivity index (χ2n) is 9.52. The van der Waals surface area contributed by atoms with Crippen molar-refractivity contribution in [2.45, 2.75) is 18.5 Å². The monoisotopic (exact) mass is 606 g/mol. The van der Waals surface area contributed by atoms with Crippen molar-refractivity contribution in [1.29, 1.82) is 0 Å². The quantitative estimate of drug-likeness (QED) is 0.360. The molecule has 3 aromatic rings. The highest BCUT2D eigenvalue weighted by atomic mass is 35.5. The molecule has 0 unspecified atom stereocenters. The Balaban J connectivity index is 1.58. The molecular formula is C28H29Cl2FN4O4S. The van der Waals surface area contributed by atoms with Crippen LogP contribution in [0.5, 0.6) is 0 Å². The summed E-state index contributed by atoms with van der Waals surface area (Å²) in [4.78, 5) is 26.2. The molecule has 0 bridgehead atoms. The number of anilines is 1. The van der Waals surface area contributed by atoms with E-state index >= 15 is 0 Å². The first-order chi connectivity index (χ1) is 19.0. The summed E-state index contributed by atoms with van der Waals surface area (Å²) in [6, 6.07) is 17.9. The maximum absolute atomic E-state index is 14.6. The summed E-state index contributed by atoms with van der Waals surface area (Å²) in [6.45, 7) is 0.772. The van der Waals surface area contributed by atoms with Crippen molar-refractivity contribution in [1.82, 2.24) is 15.5 Å². The number of likely N-dealkylation sites (tertiary alicyclic amines) is 1. The van der Waals surface area contributed by atoms with Crippen LogP contribution >= 0.6 is 23.2 Å². The summed E-state index contributed by atoms with van der Waals surface area (Å²) in [5, 5.41) is 6.15. The fourth-order valence-corrected chi connectivity index (χ4v) is 6.18. The predicted octanol–water partition coefficient (Wildman–Crippen LogP) is 4.24. The van der Waals surface area contributed by atoms with E-state index in [1.807, 2.05) is 24.3 Å². The number of hydrogen-bond acceptors (Lipinski definition) is 5. The van der Waals surface area contributed by atoms with E-state index < -0.39 is 27.8 Å². The molecule has 2 N–H and O–H groups in total. The molecule has 0 atom stereocenters. The van der Waals surface area contributed by atoms with Crippen LogP contribution in [0.4, 0.5) is 10.1 Å². The Bertz CT molecular complexity index is 1440. The summed E-state index contributed by atoms with van der Waals surface area (Å²) >= 11 is 12.2. The van der Waals surface area contributed by atoms with Gasteiger partial charge in [-0.2, -0.15) is 0 Å². The predicted molar refractivity (Wildman–Crippen MR) is 155 cm³/mol. The van der Waals surface area contributed by atoms with Crippen molar-refractivity contribution in [3.63, 3.8) is 0 Å². The van der Waals surface area contributed by atoms with Gasteiger partial charge in [0.05, 0.1) is 29.6 Å². The molecule has 0 saturated carbocycles. The molecule has 4 rings (SSSR count). The van der Waals surface area contributed by atoms with Crippen molar-refractivity contribution in [3.05, 3.63) is 99.3 Å². The number of carbonyl (C=O) groups excluding carboxylic acids is 2. The van der Waals surface area contributed by atoms with Crippen LogP contribution in [-0.4, -0.2) is 64.1 Å². The second kappa shape index (κ2) is 12.6. The van der Waals surface area contributed by atoms with Gasteiger partial charge < -0.3 is 10.6 Å². The van der Waals surface area contributed by atoms with Gasteiger partial charge in [-0.1, -0.05) is 47.5 Å². The van der Waals surface area contributed by atoms with Gasteiger partial charge in [0.2, 0.25) is 15.9 Å². The Morgan fingerprint density at radius 1 is 1.00 bits per heavy atom. The van der Waals surface area contributed by atoms with Gasteiger partial charge in [-0.05, 0) is 53.6 Å². The largest absolute Gasteiger partial charge is 0.359 e. The number of carbonyl (C=O) groups is 2. The van der Waals surface area contributed by atoms with Crippen LogP contribution in [-0.2, 0) is 14.8 Å². The number of rotatable bonds is 10. The highest BCUT2D eigenvalue weighted by Gasteiger charge is 2.41. The van der Waals surface area contributed by atoms with E-state index in [9.17, 15) is 22.4 Å². The number of amides is 2. The molecule has 1 aliphatic heterocycles. The van der Waals surface area contributed by atoms with Gasteiger partial charge in [0.1, 0.15) is 5.82 Å². The van der Waals surface area contributed by atoms with Crippen molar-refractivity contribution in [2.24, 2.45) is 0 Å². The van der Waals surface area contributed by atoms with Gasteiger partial charge in [-0.25, -0.2) is 12.8 Å². The minimum absolute atomic E-state index is 0.00628. The summed E-state index contributed by atoms with van der Waals surface area (Å²) in [5.41, 5.74) is 1.83. The van der Waals surface area contributed by atoms with Crippen molar-refractivity contribution in [2.75, 3.05) is 37.2 Å². The third-order valence-electron chi connectivity index (χ3n) is 6.68. The molecule has 0 aliphatic carbocycles. The lowest BCUT2D eigenvalue weighted by Crippen LogP contribution is -2.61. The van der Waals surface area contributed by atoms with Crippen LogP contribution in [0.1, 0.15) is 33.9 Å². The fraction of sp³-hybridized carbons (Fsp3) is 0.286. The summed E-state index contributed by atoms with van der Waals surface area (Å²) in [6.07, 6.45) is 1.11.